The van der Waals surface area contributed by atoms with Crippen molar-refractivity contribution in [3.05, 3.63) is 30.1 Å². The Kier molecular flexibility index (Phi) is 4.79. The zero-order chi connectivity index (χ0) is 16.2. The molecule has 0 aromatic heterocycles. The molecule has 0 unspecified atom stereocenters. The molecule has 3 rings (SSSR count). The van der Waals surface area contributed by atoms with E-state index in [1.807, 2.05) is 4.90 Å². The molecule has 1 saturated carbocycles. The Morgan fingerprint density at radius 1 is 1.13 bits per heavy atom. The molecule has 0 atom stereocenters. The topological polar surface area (TPSA) is 49.9 Å². The first kappa shape index (κ1) is 15.8. The number of hydrogen-bond donors (Lipinski definition) is 0. The lowest BCUT2D eigenvalue weighted by atomic mass is 9.84. The van der Waals surface area contributed by atoms with Crippen LogP contribution in [-0.4, -0.2) is 54.4 Å². The summed E-state index contributed by atoms with van der Waals surface area (Å²) in [6, 6.07) is 5.74. The Morgan fingerprint density at radius 3 is 2.43 bits per heavy atom. The number of carbonyl (C=O) groups is 2. The van der Waals surface area contributed by atoms with E-state index >= 15 is 0 Å². The third-order valence-corrected chi connectivity index (χ3v) is 4.56. The van der Waals surface area contributed by atoms with Crippen molar-refractivity contribution in [1.82, 2.24) is 9.80 Å². The number of hydrogen-bond acceptors (Lipinski definition) is 3. The summed E-state index contributed by atoms with van der Waals surface area (Å²) < 4.78 is 18.4. The highest BCUT2D eigenvalue weighted by Gasteiger charge is 2.32. The molecule has 23 heavy (non-hydrogen) atoms. The molecule has 0 bridgehead atoms. The van der Waals surface area contributed by atoms with Gasteiger partial charge in [-0.05, 0) is 25.0 Å². The third-order valence-electron chi connectivity index (χ3n) is 4.56. The molecule has 1 aromatic carbocycles. The fourth-order valence-corrected chi connectivity index (χ4v) is 2.88. The molecule has 2 amide bonds. The van der Waals surface area contributed by atoms with Gasteiger partial charge >= 0.3 is 0 Å². The molecular formula is C17H21FN2O3. The van der Waals surface area contributed by atoms with Crippen LogP contribution in [0.25, 0.3) is 0 Å². The van der Waals surface area contributed by atoms with Crippen LogP contribution in [0.3, 0.4) is 0 Å². The molecule has 124 valence electrons. The average molecular weight is 320 g/mol. The highest BCUT2D eigenvalue weighted by Crippen LogP contribution is 2.28. The molecular weight excluding hydrogens is 299 g/mol. The Hall–Kier alpha value is -2.11. The quantitative estimate of drug-likeness (QED) is 0.848. The minimum absolute atomic E-state index is 0.111. The monoisotopic (exact) mass is 320 g/mol. The number of piperazine rings is 1. The molecule has 0 spiro atoms. The van der Waals surface area contributed by atoms with E-state index in [2.05, 4.69) is 0 Å². The van der Waals surface area contributed by atoms with Gasteiger partial charge in [0.15, 0.2) is 6.61 Å². The number of carbonyl (C=O) groups excluding carboxylic acids is 2. The van der Waals surface area contributed by atoms with Gasteiger partial charge in [-0.25, -0.2) is 4.39 Å². The standard InChI is InChI=1S/C17H21FN2O3/c18-14-5-2-6-15(11-14)23-12-16(21)19-7-9-20(10-8-19)17(22)13-3-1-4-13/h2,5-6,11,13H,1,3-4,7-10,12H2. The van der Waals surface area contributed by atoms with Crippen LogP contribution in [0.2, 0.25) is 0 Å². The first-order valence-electron chi connectivity index (χ1n) is 8.08. The molecule has 6 heteroatoms. The van der Waals surface area contributed by atoms with Gasteiger partial charge in [0.05, 0.1) is 0 Å². The van der Waals surface area contributed by atoms with E-state index in [4.69, 9.17) is 4.74 Å². The van der Waals surface area contributed by atoms with E-state index in [9.17, 15) is 14.0 Å². The fraction of sp³-hybridized carbons (Fsp3) is 0.529. The lowest BCUT2D eigenvalue weighted by molar-refractivity contribution is -0.144. The van der Waals surface area contributed by atoms with Crippen molar-refractivity contribution in [3.63, 3.8) is 0 Å². The van der Waals surface area contributed by atoms with Gasteiger partial charge in [-0.2, -0.15) is 0 Å². The maximum absolute atomic E-state index is 13.1. The van der Waals surface area contributed by atoms with Crippen LogP contribution in [0.15, 0.2) is 24.3 Å². The van der Waals surface area contributed by atoms with Crippen molar-refractivity contribution in [2.45, 2.75) is 19.3 Å². The zero-order valence-electron chi connectivity index (χ0n) is 13.0. The van der Waals surface area contributed by atoms with Crippen molar-refractivity contribution in [2.75, 3.05) is 32.8 Å². The lowest BCUT2D eigenvalue weighted by Crippen LogP contribution is -2.53. The van der Waals surface area contributed by atoms with Crippen LogP contribution < -0.4 is 4.74 Å². The summed E-state index contributed by atoms with van der Waals surface area (Å²) in [5.74, 6) is 0.258. The summed E-state index contributed by atoms with van der Waals surface area (Å²) in [5.41, 5.74) is 0. The zero-order valence-corrected chi connectivity index (χ0v) is 13.0. The van der Waals surface area contributed by atoms with Crippen LogP contribution in [0.5, 0.6) is 5.75 Å². The van der Waals surface area contributed by atoms with E-state index in [1.165, 1.54) is 12.1 Å². The van der Waals surface area contributed by atoms with Crippen LogP contribution in [0.1, 0.15) is 19.3 Å². The molecule has 1 aliphatic carbocycles. The number of benzene rings is 1. The van der Waals surface area contributed by atoms with Crippen LogP contribution in [-0.2, 0) is 9.59 Å². The molecule has 2 aliphatic rings. The molecule has 2 fully saturated rings. The summed E-state index contributed by atoms with van der Waals surface area (Å²) in [6.07, 6.45) is 3.14. The molecule has 1 saturated heterocycles. The van der Waals surface area contributed by atoms with E-state index in [0.29, 0.717) is 31.9 Å². The first-order chi connectivity index (χ1) is 11.1. The van der Waals surface area contributed by atoms with E-state index in [-0.39, 0.29) is 24.3 Å². The maximum Gasteiger partial charge on any atom is 0.260 e. The Labute approximate surface area is 135 Å². The highest BCUT2D eigenvalue weighted by atomic mass is 19.1. The Balaban J connectivity index is 1.43. The van der Waals surface area contributed by atoms with Gasteiger partial charge in [0, 0.05) is 38.2 Å². The molecule has 5 nitrogen and oxygen atoms in total. The summed E-state index contributed by atoms with van der Waals surface area (Å²) in [7, 11) is 0. The minimum Gasteiger partial charge on any atom is -0.484 e. The van der Waals surface area contributed by atoms with Crippen molar-refractivity contribution in [2.24, 2.45) is 5.92 Å². The summed E-state index contributed by atoms with van der Waals surface area (Å²) in [6.45, 7) is 2.12. The second kappa shape index (κ2) is 6.98. The van der Waals surface area contributed by atoms with Crippen LogP contribution in [0.4, 0.5) is 4.39 Å². The van der Waals surface area contributed by atoms with Crippen molar-refractivity contribution in [1.29, 1.82) is 0 Å². The number of nitrogens with zero attached hydrogens (tertiary/aromatic N) is 2. The number of rotatable bonds is 4. The minimum atomic E-state index is -0.391. The maximum atomic E-state index is 13.1. The largest absolute Gasteiger partial charge is 0.484 e. The van der Waals surface area contributed by atoms with Gasteiger partial charge in [0.2, 0.25) is 5.91 Å². The molecule has 1 heterocycles. The normalized spacial score (nSPS) is 18.5. The lowest BCUT2D eigenvalue weighted by Gasteiger charge is -2.38. The van der Waals surface area contributed by atoms with Crippen molar-refractivity contribution < 1.29 is 18.7 Å². The van der Waals surface area contributed by atoms with Gasteiger partial charge in [-0.1, -0.05) is 12.5 Å². The second-order valence-corrected chi connectivity index (χ2v) is 6.08. The fourth-order valence-electron chi connectivity index (χ4n) is 2.88. The van der Waals surface area contributed by atoms with Crippen LogP contribution >= 0.6 is 0 Å². The summed E-state index contributed by atoms with van der Waals surface area (Å²) >= 11 is 0. The van der Waals surface area contributed by atoms with E-state index in [0.717, 1.165) is 19.3 Å². The number of ether oxygens (including phenoxy) is 1. The number of halogens is 1. The van der Waals surface area contributed by atoms with Gasteiger partial charge in [-0.15, -0.1) is 0 Å². The predicted molar refractivity (Wildman–Crippen MR) is 82.4 cm³/mol. The summed E-state index contributed by atoms with van der Waals surface area (Å²) in [5, 5.41) is 0. The van der Waals surface area contributed by atoms with Crippen molar-refractivity contribution >= 4 is 11.8 Å². The van der Waals surface area contributed by atoms with Crippen molar-refractivity contribution in [3.8, 4) is 5.75 Å². The van der Waals surface area contributed by atoms with E-state index < -0.39 is 5.82 Å². The second-order valence-electron chi connectivity index (χ2n) is 6.08. The highest BCUT2D eigenvalue weighted by molar-refractivity contribution is 5.81. The smallest absolute Gasteiger partial charge is 0.260 e. The number of amides is 2. The SMILES string of the molecule is O=C(COc1cccc(F)c1)N1CCN(C(=O)C2CCC2)CC1. The van der Waals surface area contributed by atoms with Gasteiger partial charge in [-0.3, -0.25) is 9.59 Å². The third kappa shape index (κ3) is 3.81. The molecule has 0 radical (unpaired) electrons. The first-order valence-corrected chi connectivity index (χ1v) is 8.08. The predicted octanol–water partition coefficient (Wildman–Crippen LogP) is 1.68. The Morgan fingerprint density at radius 2 is 1.83 bits per heavy atom. The van der Waals surface area contributed by atoms with Gasteiger partial charge < -0.3 is 14.5 Å². The van der Waals surface area contributed by atoms with Gasteiger partial charge in [0.25, 0.3) is 5.91 Å². The molecule has 1 aliphatic heterocycles. The molecule has 1 aromatic rings. The Bertz CT molecular complexity index is 581. The summed E-state index contributed by atoms with van der Waals surface area (Å²) in [4.78, 5) is 27.9. The van der Waals surface area contributed by atoms with Crippen LogP contribution in [0, 0.1) is 11.7 Å². The van der Waals surface area contributed by atoms with E-state index in [1.54, 1.807) is 17.0 Å². The molecule has 0 N–H and O–H groups in total. The average Bonchev–Trinajstić information content (AvgIpc) is 2.51. The van der Waals surface area contributed by atoms with Gasteiger partial charge in [0.1, 0.15) is 11.6 Å².